The van der Waals surface area contributed by atoms with Gasteiger partial charge in [0.1, 0.15) is 7.28 Å². The highest BCUT2D eigenvalue weighted by atomic mass is 16.5. The van der Waals surface area contributed by atoms with Gasteiger partial charge in [-0.2, -0.15) is 0 Å². The average molecular weight is 302 g/mol. The van der Waals surface area contributed by atoms with Crippen molar-refractivity contribution in [3.05, 3.63) is 23.3 Å². The maximum absolute atomic E-state index is 12.1. The van der Waals surface area contributed by atoms with Gasteiger partial charge < -0.3 is 14.4 Å². The summed E-state index contributed by atoms with van der Waals surface area (Å²) in [6.45, 7) is 8.69. The lowest BCUT2D eigenvalue weighted by Crippen LogP contribution is -2.40. The monoisotopic (exact) mass is 302 g/mol. The fraction of sp³-hybridized carbons (Fsp3) is 0.588. The topological polar surface area (TPSA) is 38.8 Å². The largest absolute Gasteiger partial charge is 0.465 e. The van der Waals surface area contributed by atoms with Crippen molar-refractivity contribution < 1.29 is 14.3 Å². The van der Waals surface area contributed by atoms with Gasteiger partial charge in [-0.05, 0) is 38.3 Å². The molecule has 1 fully saturated rings. The number of ether oxygens (including phenoxy) is 2. The van der Waals surface area contributed by atoms with Crippen molar-refractivity contribution in [3.63, 3.8) is 0 Å². The molecule has 0 atom stereocenters. The molecule has 2 rings (SSSR count). The number of hydrogen-bond acceptors (Lipinski definition) is 4. The molecular formula is C17H25BNO3. The molecule has 0 saturated carbocycles. The van der Waals surface area contributed by atoms with Gasteiger partial charge in [0.05, 0.1) is 12.7 Å². The van der Waals surface area contributed by atoms with Crippen LogP contribution in [0.4, 0.5) is 5.69 Å². The zero-order valence-corrected chi connectivity index (χ0v) is 14.0. The first kappa shape index (κ1) is 16.9. The van der Waals surface area contributed by atoms with Gasteiger partial charge >= 0.3 is 5.97 Å². The Morgan fingerprint density at radius 3 is 2.64 bits per heavy atom. The molecule has 22 heavy (non-hydrogen) atoms. The van der Waals surface area contributed by atoms with Crippen LogP contribution in [-0.4, -0.2) is 46.2 Å². The summed E-state index contributed by atoms with van der Waals surface area (Å²) in [5, 5.41) is 0. The lowest BCUT2D eigenvalue weighted by molar-refractivity contribution is 0.0600. The average Bonchev–Trinajstić information content (AvgIpc) is 2.57. The van der Waals surface area contributed by atoms with Gasteiger partial charge in [-0.3, -0.25) is 0 Å². The van der Waals surface area contributed by atoms with Gasteiger partial charge in [0, 0.05) is 31.5 Å². The summed E-state index contributed by atoms with van der Waals surface area (Å²) in [5.74, 6) is -0.273. The van der Waals surface area contributed by atoms with E-state index in [0.29, 0.717) is 11.6 Å². The first-order chi connectivity index (χ1) is 10.6. The van der Waals surface area contributed by atoms with Crippen molar-refractivity contribution in [1.82, 2.24) is 0 Å². The summed E-state index contributed by atoms with van der Waals surface area (Å²) < 4.78 is 10.4. The lowest BCUT2D eigenvalue weighted by Gasteiger charge is -2.37. The molecule has 1 aromatic rings. The Morgan fingerprint density at radius 1 is 1.41 bits per heavy atom. The highest BCUT2D eigenvalue weighted by Crippen LogP contribution is 2.27. The van der Waals surface area contributed by atoms with E-state index >= 15 is 0 Å². The molecule has 0 aliphatic carbocycles. The highest BCUT2D eigenvalue weighted by Gasteiger charge is 2.24. The van der Waals surface area contributed by atoms with E-state index in [-0.39, 0.29) is 5.97 Å². The Hall–Kier alpha value is -1.49. The quantitative estimate of drug-likeness (QED) is 0.617. The van der Waals surface area contributed by atoms with Gasteiger partial charge in [-0.15, -0.1) is 0 Å². The van der Waals surface area contributed by atoms with Gasteiger partial charge in [0.2, 0.25) is 0 Å². The van der Waals surface area contributed by atoms with Crippen LogP contribution in [0.5, 0.6) is 0 Å². The predicted molar refractivity (Wildman–Crippen MR) is 90.6 cm³/mol. The van der Waals surface area contributed by atoms with E-state index < -0.39 is 0 Å². The minimum atomic E-state index is -0.273. The third-order valence-corrected chi connectivity index (χ3v) is 4.42. The van der Waals surface area contributed by atoms with Crippen LogP contribution in [0.25, 0.3) is 0 Å². The molecule has 0 N–H and O–H groups in total. The summed E-state index contributed by atoms with van der Waals surface area (Å²) in [6, 6.07) is 4.54. The molecule has 0 spiro atoms. The molecule has 1 heterocycles. The van der Waals surface area contributed by atoms with Crippen LogP contribution in [0.2, 0.25) is 6.82 Å². The van der Waals surface area contributed by atoms with Gasteiger partial charge in [-0.25, -0.2) is 4.79 Å². The number of benzene rings is 1. The van der Waals surface area contributed by atoms with Crippen molar-refractivity contribution in [2.45, 2.75) is 39.6 Å². The second kappa shape index (κ2) is 7.68. The molecule has 119 valence electrons. The van der Waals surface area contributed by atoms with Gasteiger partial charge in [0.25, 0.3) is 0 Å². The fourth-order valence-electron chi connectivity index (χ4n) is 3.13. The number of esters is 1. The van der Waals surface area contributed by atoms with Crippen molar-refractivity contribution in [2.75, 3.05) is 31.8 Å². The number of nitrogens with zero attached hydrogens (tertiary/aromatic N) is 1. The van der Waals surface area contributed by atoms with Crippen LogP contribution in [0.15, 0.2) is 12.1 Å². The number of carbonyl (C=O) groups is 1. The first-order valence-corrected chi connectivity index (χ1v) is 7.99. The first-order valence-electron chi connectivity index (χ1n) is 7.99. The van der Waals surface area contributed by atoms with Crippen molar-refractivity contribution >= 4 is 24.4 Å². The molecule has 0 unspecified atom stereocenters. The van der Waals surface area contributed by atoms with Gasteiger partial charge in [-0.1, -0.05) is 18.4 Å². The summed E-state index contributed by atoms with van der Waals surface area (Å²) >= 11 is 0. The molecule has 0 aromatic heterocycles. The van der Waals surface area contributed by atoms with E-state index in [1.807, 2.05) is 27.1 Å². The van der Waals surface area contributed by atoms with E-state index in [1.54, 1.807) is 0 Å². The van der Waals surface area contributed by atoms with E-state index in [1.165, 1.54) is 7.11 Å². The van der Waals surface area contributed by atoms with Crippen LogP contribution in [-0.2, 0) is 9.47 Å². The number of rotatable bonds is 5. The van der Waals surface area contributed by atoms with Crippen molar-refractivity contribution in [1.29, 1.82) is 0 Å². The molecular weight excluding hydrogens is 277 g/mol. The number of methoxy groups -OCH3 is 1. The van der Waals surface area contributed by atoms with E-state index in [4.69, 9.17) is 9.47 Å². The van der Waals surface area contributed by atoms with E-state index in [9.17, 15) is 4.79 Å². The Labute approximate surface area is 134 Å². The molecule has 5 heteroatoms. The smallest absolute Gasteiger partial charge is 0.338 e. The van der Waals surface area contributed by atoms with E-state index in [0.717, 1.165) is 49.3 Å². The Morgan fingerprint density at radius 2 is 2.09 bits per heavy atom. The molecule has 1 aliphatic heterocycles. The van der Waals surface area contributed by atoms with Crippen LogP contribution in [0, 0.1) is 6.92 Å². The molecule has 0 amide bonds. The predicted octanol–water partition coefficient (Wildman–Crippen LogP) is 2.16. The van der Waals surface area contributed by atoms with Crippen LogP contribution >= 0.6 is 0 Å². The molecule has 1 aromatic carbocycles. The molecule has 4 nitrogen and oxygen atoms in total. The Kier molecular flexibility index (Phi) is 5.89. The maximum atomic E-state index is 12.1. The second-order valence-electron chi connectivity index (χ2n) is 5.62. The SMILES string of the molecule is C[B]c1cc(C(=O)OC)c(C)c(N(CC)C2CCOCC2)c1. The summed E-state index contributed by atoms with van der Waals surface area (Å²) in [7, 11) is 3.45. The van der Waals surface area contributed by atoms with Crippen LogP contribution in [0.3, 0.4) is 0 Å². The fourth-order valence-corrected chi connectivity index (χ4v) is 3.13. The summed E-state index contributed by atoms with van der Waals surface area (Å²) in [6.07, 6.45) is 2.06. The minimum Gasteiger partial charge on any atom is -0.465 e. The standard InChI is InChI=1S/C17H25BNO3/c1-5-19(14-6-8-22-9-7-14)16-11-13(18-3)10-15(12(16)2)17(20)21-4/h10-11,14H,5-9H2,1-4H3. The van der Waals surface area contributed by atoms with Crippen LogP contribution < -0.4 is 10.4 Å². The number of carbonyl (C=O) groups excluding carboxylic acids is 1. The van der Waals surface area contributed by atoms with Crippen molar-refractivity contribution in [2.24, 2.45) is 0 Å². The zero-order chi connectivity index (χ0) is 16.1. The summed E-state index contributed by atoms with van der Waals surface area (Å²) in [4.78, 5) is 14.5. The molecule has 1 saturated heterocycles. The van der Waals surface area contributed by atoms with Crippen LogP contribution in [0.1, 0.15) is 35.7 Å². The number of anilines is 1. The second-order valence-corrected chi connectivity index (χ2v) is 5.62. The minimum absolute atomic E-state index is 0.273. The summed E-state index contributed by atoms with van der Waals surface area (Å²) in [5.41, 5.74) is 3.82. The maximum Gasteiger partial charge on any atom is 0.338 e. The third kappa shape index (κ3) is 3.46. The molecule has 0 bridgehead atoms. The molecule has 1 radical (unpaired) electrons. The highest BCUT2D eigenvalue weighted by molar-refractivity contribution is 6.52. The normalized spacial score (nSPS) is 15.5. The lowest BCUT2D eigenvalue weighted by atomic mass is 9.72. The Bertz CT molecular complexity index is 527. The Balaban J connectivity index is 2.44. The molecule has 1 aliphatic rings. The van der Waals surface area contributed by atoms with Crippen molar-refractivity contribution in [3.8, 4) is 0 Å². The third-order valence-electron chi connectivity index (χ3n) is 4.42. The zero-order valence-electron chi connectivity index (χ0n) is 14.0. The van der Waals surface area contributed by atoms with Gasteiger partial charge in [0.15, 0.2) is 0 Å². The number of hydrogen-bond donors (Lipinski definition) is 0. The van der Waals surface area contributed by atoms with E-state index in [2.05, 4.69) is 17.9 Å².